The predicted molar refractivity (Wildman–Crippen MR) is 58.6 cm³/mol. The molecule has 0 aliphatic heterocycles. The molecule has 2 aromatic heterocycles. The predicted octanol–water partition coefficient (Wildman–Crippen LogP) is 2.20. The lowest BCUT2D eigenvalue weighted by Crippen LogP contribution is -1.98. The third kappa shape index (κ3) is 2.73. The van der Waals surface area contributed by atoms with Gasteiger partial charge < -0.3 is 0 Å². The summed E-state index contributed by atoms with van der Waals surface area (Å²) in [4.78, 5) is 12.6. The fourth-order valence-electron chi connectivity index (χ4n) is 1.21. The smallest absolute Gasteiger partial charge is 0.134 e. The van der Waals surface area contributed by atoms with Gasteiger partial charge in [-0.2, -0.15) is 0 Å². The number of alkyl halides is 1. The minimum absolute atomic E-state index is 0.448. The lowest BCUT2D eigenvalue weighted by Gasteiger charge is -1.99. The first-order valence-electron chi connectivity index (χ1n) is 4.64. The van der Waals surface area contributed by atoms with E-state index in [0.29, 0.717) is 12.3 Å². The molecule has 0 aliphatic carbocycles. The largest absolute Gasteiger partial charge is 0.261 e. The molecule has 76 valence electrons. The molecule has 0 saturated carbocycles. The number of hydrogen-bond acceptors (Lipinski definition) is 3. The first-order chi connectivity index (χ1) is 7.38. The van der Waals surface area contributed by atoms with E-state index in [9.17, 15) is 0 Å². The molecule has 0 saturated heterocycles. The monoisotopic (exact) mass is 219 g/mol. The Hall–Kier alpha value is -1.48. The van der Waals surface area contributed by atoms with Crippen molar-refractivity contribution < 1.29 is 0 Å². The number of pyridine rings is 1. The zero-order chi connectivity index (χ0) is 10.5. The molecule has 0 aromatic carbocycles. The number of hydrogen-bond donors (Lipinski definition) is 0. The quantitative estimate of drug-likeness (QED) is 0.743. The highest BCUT2D eigenvalue weighted by atomic mass is 35.5. The molecule has 15 heavy (non-hydrogen) atoms. The molecule has 0 radical (unpaired) electrons. The van der Waals surface area contributed by atoms with Gasteiger partial charge in [0, 0.05) is 36.3 Å². The highest BCUT2D eigenvalue weighted by Crippen LogP contribution is 2.04. The van der Waals surface area contributed by atoms with Crippen molar-refractivity contribution in [2.45, 2.75) is 12.3 Å². The zero-order valence-corrected chi connectivity index (χ0v) is 8.85. The van der Waals surface area contributed by atoms with Crippen LogP contribution < -0.4 is 0 Å². The molecular formula is C11H10ClN3. The van der Waals surface area contributed by atoms with E-state index in [0.717, 1.165) is 17.1 Å². The zero-order valence-electron chi connectivity index (χ0n) is 8.10. The Morgan fingerprint density at radius 3 is 2.47 bits per heavy atom. The molecule has 2 rings (SSSR count). The normalized spacial score (nSPS) is 10.2. The van der Waals surface area contributed by atoms with E-state index in [1.54, 1.807) is 18.6 Å². The second-order valence-electron chi connectivity index (χ2n) is 3.14. The van der Waals surface area contributed by atoms with Gasteiger partial charge in [0.05, 0.1) is 5.88 Å². The van der Waals surface area contributed by atoms with Crippen LogP contribution >= 0.6 is 11.6 Å². The fourth-order valence-corrected chi connectivity index (χ4v) is 1.34. The van der Waals surface area contributed by atoms with Gasteiger partial charge in [0.1, 0.15) is 5.82 Å². The van der Waals surface area contributed by atoms with Gasteiger partial charge >= 0.3 is 0 Å². The summed E-state index contributed by atoms with van der Waals surface area (Å²) >= 11 is 5.65. The molecule has 3 nitrogen and oxygen atoms in total. The summed E-state index contributed by atoms with van der Waals surface area (Å²) in [6.45, 7) is 0. The highest BCUT2D eigenvalue weighted by Gasteiger charge is 1.99. The number of nitrogens with zero attached hydrogens (tertiary/aromatic N) is 3. The Morgan fingerprint density at radius 1 is 1.07 bits per heavy atom. The Bertz CT molecular complexity index is 414. The van der Waals surface area contributed by atoms with Crippen LogP contribution in [0.4, 0.5) is 0 Å². The van der Waals surface area contributed by atoms with Gasteiger partial charge in [-0.1, -0.05) is 6.07 Å². The van der Waals surface area contributed by atoms with Crippen molar-refractivity contribution in [1.82, 2.24) is 15.0 Å². The molecule has 0 bridgehead atoms. The fraction of sp³-hybridized carbons (Fsp3) is 0.182. The van der Waals surface area contributed by atoms with Crippen LogP contribution in [0, 0.1) is 0 Å². The number of halogens is 1. The van der Waals surface area contributed by atoms with Crippen LogP contribution in [-0.2, 0) is 12.3 Å². The third-order valence-corrected chi connectivity index (χ3v) is 2.29. The van der Waals surface area contributed by atoms with Crippen molar-refractivity contribution in [3.8, 4) is 0 Å². The third-order valence-electron chi connectivity index (χ3n) is 1.98. The molecule has 2 aromatic rings. The molecular weight excluding hydrogens is 210 g/mol. The molecule has 2 heterocycles. The minimum atomic E-state index is 0.448. The topological polar surface area (TPSA) is 38.7 Å². The summed E-state index contributed by atoms with van der Waals surface area (Å²) in [5, 5.41) is 0. The Kier molecular flexibility index (Phi) is 3.25. The molecule has 0 atom stereocenters. The van der Waals surface area contributed by atoms with E-state index in [4.69, 9.17) is 11.6 Å². The maximum Gasteiger partial charge on any atom is 0.134 e. The van der Waals surface area contributed by atoms with Crippen molar-refractivity contribution in [2.24, 2.45) is 0 Å². The Morgan fingerprint density at radius 2 is 1.87 bits per heavy atom. The molecule has 0 fully saturated rings. The molecule has 0 aliphatic rings. The van der Waals surface area contributed by atoms with Crippen molar-refractivity contribution in [3.05, 3.63) is 53.9 Å². The molecule has 0 N–H and O–H groups in total. The first kappa shape index (κ1) is 10.1. The summed E-state index contributed by atoms with van der Waals surface area (Å²) in [6.07, 6.45) is 5.92. The summed E-state index contributed by atoms with van der Waals surface area (Å²) in [5.41, 5.74) is 1.90. The van der Waals surface area contributed by atoms with Crippen LogP contribution in [0.25, 0.3) is 0 Å². The summed E-state index contributed by atoms with van der Waals surface area (Å²) in [5.74, 6) is 1.21. The van der Waals surface area contributed by atoms with Gasteiger partial charge in [-0.3, -0.25) is 4.98 Å². The van der Waals surface area contributed by atoms with Crippen LogP contribution in [0.3, 0.4) is 0 Å². The summed E-state index contributed by atoms with van der Waals surface area (Å²) in [6, 6.07) is 5.80. The molecule has 4 heteroatoms. The van der Waals surface area contributed by atoms with E-state index in [1.165, 1.54) is 0 Å². The van der Waals surface area contributed by atoms with E-state index >= 15 is 0 Å². The second-order valence-corrected chi connectivity index (χ2v) is 3.41. The molecule has 0 amide bonds. The van der Waals surface area contributed by atoms with Gasteiger partial charge in [-0.05, 0) is 12.1 Å². The number of aromatic nitrogens is 3. The standard InChI is InChI=1S/C11H10ClN3/c12-6-9-7-14-11(15-8-9)5-10-3-1-2-4-13-10/h1-4,7-8H,5-6H2. The number of rotatable bonds is 3. The maximum atomic E-state index is 5.65. The van der Waals surface area contributed by atoms with Gasteiger partial charge in [0.15, 0.2) is 0 Å². The van der Waals surface area contributed by atoms with Crippen molar-refractivity contribution in [2.75, 3.05) is 0 Å². The van der Waals surface area contributed by atoms with Crippen LogP contribution in [0.2, 0.25) is 0 Å². The SMILES string of the molecule is ClCc1cnc(Cc2ccccn2)nc1. The lowest BCUT2D eigenvalue weighted by atomic mass is 10.2. The van der Waals surface area contributed by atoms with Gasteiger partial charge in [-0.15, -0.1) is 11.6 Å². The Labute approximate surface area is 93.2 Å². The average Bonchev–Trinajstić information content (AvgIpc) is 2.31. The van der Waals surface area contributed by atoms with E-state index in [-0.39, 0.29) is 0 Å². The second kappa shape index (κ2) is 4.84. The first-order valence-corrected chi connectivity index (χ1v) is 5.17. The minimum Gasteiger partial charge on any atom is -0.261 e. The van der Waals surface area contributed by atoms with Gasteiger partial charge in [-0.25, -0.2) is 9.97 Å². The van der Waals surface area contributed by atoms with E-state index in [1.807, 2.05) is 18.2 Å². The van der Waals surface area contributed by atoms with Crippen molar-refractivity contribution in [1.29, 1.82) is 0 Å². The van der Waals surface area contributed by atoms with E-state index in [2.05, 4.69) is 15.0 Å². The summed E-state index contributed by atoms with van der Waals surface area (Å²) < 4.78 is 0. The van der Waals surface area contributed by atoms with Gasteiger partial charge in [0.2, 0.25) is 0 Å². The van der Waals surface area contributed by atoms with Gasteiger partial charge in [0.25, 0.3) is 0 Å². The van der Waals surface area contributed by atoms with Crippen LogP contribution in [-0.4, -0.2) is 15.0 Å². The highest BCUT2D eigenvalue weighted by molar-refractivity contribution is 6.17. The van der Waals surface area contributed by atoms with Crippen LogP contribution in [0.15, 0.2) is 36.8 Å². The van der Waals surface area contributed by atoms with E-state index < -0.39 is 0 Å². The Balaban J connectivity index is 2.11. The maximum absolute atomic E-state index is 5.65. The van der Waals surface area contributed by atoms with Crippen molar-refractivity contribution >= 4 is 11.6 Å². The summed E-state index contributed by atoms with van der Waals surface area (Å²) in [7, 11) is 0. The average molecular weight is 220 g/mol. The van der Waals surface area contributed by atoms with Crippen molar-refractivity contribution in [3.63, 3.8) is 0 Å². The van der Waals surface area contributed by atoms with Crippen LogP contribution in [0.5, 0.6) is 0 Å². The molecule has 0 spiro atoms. The molecule has 0 unspecified atom stereocenters. The van der Waals surface area contributed by atoms with Crippen LogP contribution in [0.1, 0.15) is 17.1 Å². The lowest BCUT2D eigenvalue weighted by molar-refractivity contribution is 0.924.